The summed E-state index contributed by atoms with van der Waals surface area (Å²) in [5, 5.41) is 8.46. The second-order valence-electron chi connectivity index (χ2n) is 7.64. The highest BCUT2D eigenvalue weighted by Gasteiger charge is 2.59. The van der Waals surface area contributed by atoms with E-state index in [9.17, 15) is 0 Å². The van der Waals surface area contributed by atoms with Crippen molar-refractivity contribution in [2.45, 2.75) is 50.9 Å². The number of hydrogen-bond donors (Lipinski definition) is 2. The first-order chi connectivity index (χ1) is 10.1. The van der Waals surface area contributed by atoms with Crippen LogP contribution in [-0.4, -0.2) is 5.84 Å². The van der Waals surface area contributed by atoms with E-state index in [0.717, 1.165) is 18.3 Å². The lowest BCUT2D eigenvalue weighted by Crippen LogP contribution is -2.61. The van der Waals surface area contributed by atoms with E-state index >= 15 is 0 Å². The Morgan fingerprint density at radius 2 is 1.73 bits per heavy atom. The monoisotopic (exact) mass is 318 g/mol. The van der Waals surface area contributed by atoms with Gasteiger partial charge in [0.1, 0.15) is 5.84 Å². The fourth-order valence-corrected chi connectivity index (χ4v) is 6.04. The summed E-state index contributed by atoms with van der Waals surface area (Å²) in [6, 6.07) is 8.95. The zero-order valence-electron chi connectivity index (χ0n) is 13.3. The quantitative estimate of drug-likeness (QED) is 0.633. The second kappa shape index (κ2) is 5.56. The number of rotatable bonds is 3. The first-order valence-electron chi connectivity index (χ1n) is 8.58. The van der Waals surface area contributed by atoms with E-state index in [0.29, 0.717) is 17.7 Å². The molecule has 3 N–H and O–H groups in total. The highest BCUT2D eigenvalue weighted by atomic mass is 35.5. The summed E-state index contributed by atoms with van der Waals surface area (Å²) in [4.78, 5) is 0. The predicted molar refractivity (Wildman–Crippen MR) is 93.7 cm³/mol. The van der Waals surface area contributed by atoms with E-state index in [1.54, 1.807) is 0 Å². The molecule has 0 saturated heterocycles. The number of benzene rings is 1. The van der Waals surface area contributed by atoms with Crippen LogP contribution in [0.15, 0.2) is 24.3 Å². The van der Waals surface area contributed by atoms with E-state index in [-0.39, 0.29) is 17.8 Å². The molecule has 22 heavy (non-hydrogen) atoms. The zero-order chi connectivity index (χ0) is 14.6. The molecule has 4 aliphatic rings. The highest BCUT2D eigenvalue weighted by molar-refractivity contribution is 5.90. The van der Waals surface area contributed by atoms with Crippen LogP contribution in [0.5, 0.6) is 0 Å². The van der Waals surface area contributed by atoms with Crippen molar-refractivity contribution in [1.29, 1.82) is 5.41 Å². The number of hydrogen-bond acceptors (Lipinski definition) is 1. The first kappa shape index (κ1) is 15.9. The molecule has 4 fully saturated rings. The van der Waals surface area contributed by atoms with Gasteiger partial charge in [-0.05, 0) is 73.3 Å². The van der Waals surface area contributed by atoms with Crippen molar-refractivity contribution in [3.63, 3.8) is 0 Å². The van der Waals surface area contributed by atoms with Gasteiger partial charge in [-0.3, -0.25) is 5.41 Å². The lowest BCUT2D eigenvalue weighted by molar-refractivity contribution is -0.0300. The lowest BCUT2D eigenvalue weighted by Gasteiger charge is -2.61. The minimum atomic E-state index is -0.154. The van der Waals surface area contributed by atoms with Crippen molar-refractivity contribution >= 4 is 18.2 Å². The molecular formula is C19H27ClN2. The van der Waals surface area contributed by atoms with Crippen LogP contribution < -0.4 is 5.73 Å². The molecule has 4 bridgehead atoms. The van der Waals surface area contributed by atoms with Crippen molar-refractivity contribution in [1.82, 2.24) is 0 Å². The van der Waals surface area contributed by atoms with E-state index < -0.39 is 0 Å². The Morgan fingerprint density at radius 1 is 1.14 bits per heavy atom. The van der Waals surface area contributed by atoms with Gasteiger partial charge in [0, 0.05) is 0 Å². The van der Waals surface area contributed by atoms with Crippen LogP contribution in [-0.2, 0) is 11.8 Å². The van der Waals surface area contributed by atoms with E-state index in [2.05, 4.69) is 31.2 Å². The maximum atomic E-state index is 8.46. The zero-order valence-corrected chi connectivity index (χ0v) is 14.2. The largest absolute Gasteiger partial charge is 0.387 e. The summed E-state index contributed by atoms with van der Waals surface area (Å²) in [5.41, 5.74) is 8.82. The molecule has 1 aromatic carbocycles. The van der Waals surface area contributed by atoms with Gasteiger partial charge >= 0.3 is 0 Å². The average Bonchev–Trinajstić information content (AvgIpc) is 2.46. The van der Waals surface area contributed by atoms with E-state index in [4.69, 9.17) is 11.1 Å². The van der Waals surface area contributed by atoms with Crippen LogP contribution in [0.4, 0.5) is 0 Å². The van der Waals surface area contributed by atoms with Crippen molar-refractivity contribution in [2.24, 2.45) is 29.4 Å². The van der Waals surface area contributed by atoms with Crippen LogP contribution in [0, 0.1) is 29.1 Å². The number of nitrogens with two attached hydrogens (primary N) is 1. The number of nitrogens with one attached hydrogen (secondary N) is 1. The van der Waals surface area contributed by atoms with Crippen LogP contribution in [0.1, 0.15) is 50.2 Å². The average molecular weight is 319 g/mol. The third-order valence-corrected chi connectivity index (χ3v) is 6.68. The molecule has 0 unspecified atom stereocenters. The Morgan fingerprint density at radius 3 is 2.23 bits per heavy atom. The van der Waals surface area contributed by atoms with Crippen molar-refractivity contribution in [2.75, 3.05) is 0 Å². The van der Waals surface area contributed by atoms with Gasteiger partial charge in [-0.25, -0.2) is 0 Å². The Bertz CT molecular complexity index is 553. The van der Waals surface area contributed by atoms with Gasteiger partial charge in [-0.15, -0.1) is 12.4 Å². The maximum absolute atomic E-state index is 8.46. The molecule has 0 atom stereocenters. The smallest absolute Gasteiger partial charge is 0.102 e. The summed E-state index contributed by atoms with van der Waals surface area (Å²) < 4.78 is 0. The summed E-state index contributed by atoms with van der Waals surface area (Å²) in [6.45, 7) is 2.20. The van der Waals surface area contributed by atoms with Crippen molar-refractivity contribution < 1.29 is 0 Å². The van der Waals surface area contributed by atoms with Gasteiger partial charge < -0.3 is 5.73 Å². The SMILES string of the molecule is CCc1cccc(C2(C(=N)N)C3CC4CC(C3)CC2C4)c1.Cl. The summed E-state index contributed by atoms with van der Waals surface area (Å²) in [7, 11) is 0. The molecule has 0 radical (unpaired) electrons. The Labute approximate surface area is 139 Å². The summed E-state index contributed by atoms with van der Waals surface area (Å²) in [5.74, 6) is 3.48. The van der Waals surface area contributed by atoms with Gasteiger partial charge in [0.15, 0.2) is 0 Å². The minimum Gasteiger partial charge on any atom is -0.387 e. The van der Waals surface area contributed by atoms with Crippen LogP contribution in [0.2, 0.25) is 0 Å². The molecule has 0 spiro atoms. The van der Waals surface area contributed by atoms with E-state index in [1.165, 1.54) is 43.2 Å². The molecule has 4 saturated carbocycles. The number of amidine groups is 1. The van der Waals surface area contributed by atoms with Crippen molar-refractivity contribution in [3.8, 4) is 0 Å². The first-order valence-corrected chi connectivity index (χ1v) is 8.58. The van der Waals surface area contributed by atoms with E-state index in [1.807, 2.05) is 0 Å². The highest BCUT2D eigenvalue weighted by Crippen LogP contribution is 2.62. The molecule has 0 amide bonds. The normalized spacial score (nSPS) is 38.6. The predicted octanol–water partition coefficient (Wildman–Crippen LogP) is 4.30. The van der Waals surface area contributed by atoms with Gasteiger partial charge in [0.05, 0.1) is 5.41 Å². The molecule has 120 valence electrons. The molecule has 5 rings (SSSR count). The fourth-order valence-electron chi connectivity index (χ4n) is 6.04. The number of aryl methyl sites for hydroxylation is 1. The van der Waals surface area contributed by atoms with Crippen LogP contribution in [0.25, 0.3) is 0 Å². The minimum absolute atomic E-state index is 0. The van der Waals surface area contributed by atoms with Gasteiger partial charge in [-0.1, -0.05) is 31.2 Å². The molecule has 0 aromatic heterocycles. The molecule has 3 heteroatoms. The second-order valence-corrected chi connectivity index (χ2v) is 7.64. The summed E-state index contributed by atoms with van der Waals surface area (Å²) >= 11 is 0. The van der Waals surface area contributed by atoms with Gasteiger partial charge in [0.25, 0.3) is 0 Å². The van der Waals surface area contributed by atoms with Gasteiger partial charge in [-0.2, -0.15) is 0 Å². The van der Waals surface area contributed by atoms with Crippen LogP contribution in [0.3, 0.4) is 0 Å². The Balaban J connectivity index is 0.00000144. The standard InChI is InChI=1S/C19H26N2.ClH/c1-2-12-4-3-5-15(7-12)19(18(20)21)16-8-13-6-14(10-16)11-17(19)9-13;/h3-5,7,13-14,16-17H,2,6,8-11H2,1H3,(H3,20,21);1H. The van der Waals surface area contributed by atoms with Gasteiger partial charge in [0.2, 0.25) is 0 Å². The number of halogens is 1. The Kier molecular flexibility index (Phi) is 4.01. The van der Waals surface area contributed by atoms with Crippen LogP contribution >= 0.6 is 12.4 Å². The summed E-state index contributed by atoms with van der Waals surface area (Å²) in [6.07, 6.45) is 7.68. The lowest BCUT2D eigenvalue weighted by atomic mass is 9.43. The molecular weight excluding hydrogens is 292 g/mol. The molecule has 1 aromatic rings. The molecule has 2 nitrogen and oxygen atoms in total. The third-order valence-electron chi connectivity index (χ3n) is 6.68. The molecule has 0 heterocycles. The third kappa shape index (κ3) is 2.03. The Hall–Kier alpha value is -1.02. The molecule has 4 aliphatic carbocycles. The fraction of sp³-hybridized carbons (Fsp3) is 0.632. The molecule has 0 aliphatic heterocycles. The topological polar surface area (TPSA) is 49.9 Å². The maximum Gasteiger partial charge on any atom is 0.102 e. The van der Waals surface area contributed by atoms with Crippen molar-refractivity contribution in [3.05, 3.63) is 35.4 Å².